The van der Waals surface area contributed by atoms with Gasteiger partial charge < -0.3 is 9.73 Å². The van der Waals surface area contributed by atoms with E-state index < -0.39 is 5.76 Å². The van der Waals surface area contributed by atoms with Gasteiger partial charge in [-0.1, -0.05) is 18.2 Å². The van der Waals surface area contributed by atoms with E-state index >= 15 is 0 Å². The van der Waals surface area contributed by atoms with E-state index in [0.29, 0.717) is 35.2 Å². The molecule has 1 aromatic heterocycles. The second-order valence-electron chi connectivity index (χ2n) is 5.22. The van der Waals surface area contributed by atoms with Crippen molar-refractivity contribution in [1.82, 2.24) is 4.98 Å². The third kappa shape index (κ3) is 3.66. The number of nitrogens with one attached hydrogen (secondary N) is 2. The van der Waals surface area contributed by atoms with Gasteiger partial charge in [0.15, 0.2) is 5.58 Å². The summed E-state index contributed by atoms with van der Waals surface area (Å²) in [5.41, 5.74) is 2.15. The average Bonchev–Trinajstić information content (AvgIpc) is 2.88. The minimum Gasteiger partial charge on any atom is -0.408 e. The lowest BCUT2D eigenvalue weighted by atomic mass is 10.1. The molecule has 23 heavy (non-hydrogen) atoms. The van der Waals surface area contributed by atoms with Crippen molar-refractivity contribution in [2.24, 2.45) is 0 Å². The molecule has 0 aliphatic carbocycles. The number of carbonyl (C=O) groups is 1. The number of benzene rings is 2. The van der Waals surface area contributed by atoms with Gasteiger partial charge in [0.1, 0.15) is 5.82 Å². The van der Waals surface area contributed by atoms with Crippen LogP contribution in [0.2, 0.25) is 0 Å². The van der Waals surface area contributed by atoms with Crippen LogP contribution in [-0.2, 0) is 11.2 Å². The van der Waals surface area contributed by atoms with E-state index in [4.69, 9.17) is 4.42 Å². The molecule has 0 atom stereocenters. The number of aromatic amines is 1. The Hall–Kier alpha value is -2.89. The van der Waals surface area contributed by atoms with Gasteiger partial charge in [-0.3, -0.25) is 9.78 Å². The SMILES string of the molecule is O=C(CCCc1ccccc1F)Nc1ccc2oc(=O)[nH]c2c1. The van der Waals surface area contributed by atoms with Gasteiger partial charge in [0.2, 0.25) is 5.91 Å². The summed E-state index contributed by atoms with van der Waals surface area (Å²) in [6.45, 7) is 0. The Bertz CT molecular complexity index is 898. The minimum absolute atomic E-state index is 0.161. The standard InChI is InChI=1S/C17H15FN2O3/c18-13-6-2-1-4-11(13)5-3-7-16(21)19-12-8-9-15-14(10-12)20-17(22)23-15/h1-2,4,6,8-10H,3,5,7H2,(H,19,21)(H,20,22). The van der Waals surface area contributed by atoms with E-state index in [-0.39, 0.29) is 18.1 Å². The first-order chi connectivity index (χ1) is 11.1. The highest BCUT2D eigenvalue weighted by atomic mass is 19.1. The Labute approximate surface area is 131 Å². The number of aromatic nitrogens is 1. The highest BCUT2D eigenvalue weighted by Crippen LogP contribution is 2.17. The van der Waals surface area contributed by atoms with Crippen LogP contribution >= 0.6 is 0 Å². The first-order valence-corrected chi connectivity index (χ1v) is 7.28. The second-order valence-corrected chi connectivity index (χ2v) is 5.22. The molecule has 0 unspecified atom stereocenters. The molecule has 0 saturated heterocycles. The molecule has 3 aromatic rings. The number of halogens is 1. The van der Waals surface area contributed by atoms with Crippen LogP contribution in [0, 0.1) is 5.82 Å². The molecule has 0 fully saturated rings. The van der Waals surface area contributed by atoms with Gasteiger partial charge in [0.05, 0.1) is 5.52 Å². The fourth-order valence-corrected chi connectivity index (χ4v) is 2.39. The lowest BCUT2D eigenvalue weighted by Gasteiger charge is -2.06. The van der Waals surface area contributed by atoms with Gasteiger partial charge >= 0.3 is 5.76 Å². The molecule has 6 heteroatoms. The number of hydrogen-bond donors (Lipinski definition) is 2. The van der Waals surface area contributed by atoms with Gasteiger partial charge in [-0.2, -0.15) is 0 Å². The van der Waals surface area contributed by atoms with Crippen LogP contribution in [0.4, 0.5) is 10.1 Å². The first-order valence-electron chi connectivity index (χ1n) is 7.28. The zero-order valence-corrected chi connectivity index (χ0v) is 12.3. The van der Waals surface area contributed by atoms with E-state index in [1.54, 1.807) is 36.4 Å². The summed E-state index contributed by atoms with van der Waals surface area (Å²) >= 11 is 0. The van der Waals surface area contributed by atoms with Gasteiger partial charge in [-0.05, 0) is 42.7 Å². The molecule has 3 rings (SSSR count). The van der Waals surface area contributed by atoms with Crippen molar-refractivity contribution in [2.45, 2.75) is 19.3 Å². The molecule has 0 radical (unpaired) electrons. The van der Waals surface area contributed by atoms with Crippen molar-refractivity contribution < 1.29 is 13.6 Å². The lowest BCUT2D eigenvalue weighted by molar-refractivity contribution is -0.116. The maximum absolute atomic E-state index is 13.5. The Morgan fingerprint density at radius 1 is 1.22 bits per heavy atom. The number of carbonyl (C=O) groups excluding carboxylic acids is 1. The number of hydrogen-bond acceptors (Lipinski definition) is 3. The number of anilines is 1. The van der Waals surface area contributed by atoms with Crippen LogP contribution in [0.3, 0.4) is 0 Å². The fourth-order valence-electron chi connectivity index (χ4n) is 2.39. The summed E-state index contributed by atoms with van der Waals surface area (Å²) in [4.78, 5) is 25.5. The summed E-state index contributed by atoms with van der Waals surface area (Å²) in [5, 5.41) is 2.75. The number of H-pyrrole nitrogens is 1. The van der Waals surface area contributed by atoms with E-state index in [1.807, 2.05) is 0 Å². The predicted molar refractivity (Wildman–Crippen MR) is 84.8 cm³/mol. The van der Waals surface area contributed by atoms with Crippen molar-refractivity contribution in [3.8, 4) is 0 Å². The van der Waals surface area contributed by atoms with E-state index in [0.717, 1.165) is 0 Å². The van der Waals surface area contributed by atoms with Gasteiger partial charge in [0.25, 0.3) is 0 Å². The zero-order chi connectivity index (χ0) is 16.2. The number of aryl methyl sites for hydroxylation is 1. The first kappa shape index (κ1) is 15.0. The van der Waals surface area contributed by atoms with E-state index in [9.17, 15) is 14.0 Å². The Morgan fingerprint density at radius 3 is 2.87 bits per heavy atom. The van der Waals surface area contributed by atoms with Crippen LogP contribution in [0.5, 0.6) is 0 Å². The molecule has 5 nitrogen and oxygen atoms in total. The molecule has 0 saturated carbocycles. The molecule has 118 valence electrons. The van der Waals surface area contributed by atoms with Crippen molar-refractivity contribution in [3.05, 3.63) is 64.4 Å². The number of fused-ring (bicyclic) bond motifs is 1. The summed E-state index contributed by atoms with van der Waals surface area (Å²) in [5.74, 6) is -0.942. The fraction of sp³-hybridized carbons (Fsp3) is 0.176. The van der Waals surface area contributed by atoms with E-state index in [2.05, 4.69) is 10.3 Å². The van der Waals surface area contributed by atoms with Crippen molar-refractivity contribution in [1.29, 1.82) is 0 Å². The highest BCUT2D eigenvalue weighted by Gasteiger charge is 2.07. The Balaban J connectivity index is 1.56. The molecular weight excluding hydrogens is 299 g/mol. The van der Waals surface area contributed by atoms with E-state index in [1.165, 1.54) is 6.07 Å². The van der Waals surface area contributed by atoms with Gasteiger partial charge in [-0.15, -0.1) is 0 Å². The Kier molecular flexibility index (Phi) is 4.23. The van der Waals surface area contributed by atoms with Crippen LogP contribution in [-0.4, -0.2) is 10.9 Å². The maximum Gasteiger partial charge on any atom is 0.417 e. The number of rotatable bonds is 5. The third-order valence-corrected chi connectivity index (χ3v) is 3.51. The topological polar surface area (TPSA) is 75.1 Å². The Morgan fingerprint density at radius 2 is 2.04 bits per heavy atom. The molecular formula is C17H15FN2O3. The summed E-state index contributed by atoms with van der Waals surface area (Å²) in [7, 11) is 0. The highest BCUT2D eigenvalue weighted by molar-refractivity contribution is 5.92. The van der Waals surface area contributed by atoms with Crippen molar-refractivity contribution in [3.63, 3.8) is 0 Å². The molecule has 2 N–H and O–H groups in total. The average molecular weight is 314 g/mol. The normalized spacial score (nSPS) is 10.8. The summed E-state index contributed by atoms with van der Waals surface area (Å²) in [6, 6.07) is 11.5. The van der Waals surface area contributed by atoms with Gasteiger partial charge in [-0.25, -0.2) is 9.18 Å². The second kappa shape index (κ2) is 6.48. The smallest absolute Gasteiger partial charge is 0.408 e. The summed E-state index contributed by atoms with van der Waals surface area (Å²) in [6.07, 6.45) is 1.35. The van der Waals surface area contributed by atoms with Gasteiger partial charge in [0, 0.05) is 12.1 Å². The monoisotopic (exact) mass is 314 g/mol. The van der Waals surface area contributed by atoms with Crippen LogP contribution in [0.1, 0.15) is 18.4 Å². The van der Waals surface area contributed by atoms with Crippen molar-refractivity contribution in [2.75, 3.05) is 5.32 Å². The maximum atomic E-state index is 13.5. The van der Waals surface area contributed by atoms with Crippen molar-refractivity contribution >= 4 is 22.7 Å². The molecule has 1 amide bonds. The number of amides is 1. The van der Waals surface area contributed by atoms with Crippen LogP contribution in [0.25, 0.3) is 11.1 Å². The molecule has 1 heterocycles. The van der Waals surface area contributed by atoms with Crippen LogP contribution in [0.15, 0.2) is 51.7 Å². The lowest BCUT2D eigenvalue weighted by Crippen LogP contribution is -2.11. The molecule has 2 aromatic carbocycles. The molecule has 0 spiro atoms. The molecule has 0 aliphatic heterocycles. The molecule has 0 aliphatic rings. The minimum atomic E-state index is -0.534. The molecule has 0 bridgehead atoms. The quantitative estimate of drug-likeness (QED) is 0.759. The number of oxazole rings is 1. The largest absolute Gasteiger partial charge is 0.417 e. The zero-order valence-electron chi connectivity index (χ0n) is 12.3. The predicted octanol–water partition coefficient (Wildman–Crippen LogP) is 3.22. The van der Waals surface area contributed by atoms with Crippen LogP contribution < -0.4 is 11.1 Å². The summed E-state index contributed by atoms with van der Waals surface area (Å²) < 4.78 is 18.4. The third-order valence-electron chi connectivity index (χ3n) is 3.51.